The molecule has 0 aliphatic carbocycles. The van der Waals surface area contributed by atoms with E-state index in [9.17, 15) is 4.79 Å². The average Bonchev–Trinajstić information content (AvgIpc) is 2.28. The van der Waals surface area contributed by atoms with Crippen LogP contribution >= 0.6 is 0 Å². The van der Waals surface area contributed by atoms with E-state index < -0.39 is 0 Å². The second-order valence-electron chi connectivity index (χ2n) is 6.29. The maximum atomic E-state index is 12.1. The zero-order chi connectivity index (χ0) is 13.5. The average molecular weight is 254 g/mol. The summed E-state index contributed by atoms with van der Waals surface area (Å²) in [5.74, 6) is 1.41. The SMILES string of the molecule is CC(C)CCCC(C)NC(=O)C1NCCCC1C. The molecule has 0 aromatic heterocycles. The molecule has 2 N–H and O–H groups in total. The highest BCUT2D eigenvalue weighted by molar-refractivity contribution is 5.82. The minimum absolute atomic E-state index is 0.0197. The van der Waals surface area contributed by atoms with Gasteiger partial charge in [0.25, 0.3) is 0 Å². The minimum atomic E-state index is 0.0197. The van der Waals surface area contributed by atoms with E-state index >= 15 is 0 Å². The summed E-state index contributed by atoms with van der Waals surface area (Å²) in [5, 5.41) is 6.49. The quantitative estimate of drug-likeness (QED) is 0.765. The van der Waals surface area contributed by atoms with Gasteiger partial charge in [0.15, 0.2) is 0 Å². The Morgan fingerprint density at radius 2 is 2.06 bits per heavy atom. The molecule has 1 aliphatic heterocycles. The second-order valence-corrected chi connectivity index (χ2v) is 6.29. The first-order chi connectivity index (χ1) is 8.50. The Bertz CT molecular complexity index is 253. The van der Waals surface area contributed by atoms with E-state index in [4.69, 9.17) is 0 Å². The van der Waals surface area contributed by atoms with E-state index in [1.54, 1.807) is 0 Å². The van der Waals surface area contributed by atoms with Gasteiger partial charge >= 0.3 is 0 Å². The van der Waals surface area contributed by atoms with E-state index in [2.05, 4.69) is 38.3 Å². The van der Waals surface area contributed by atoms with Crippen LogP contribution in [-0.2, 0) is 4.79 Å². The maximum absolute atomic E-state index is 12.1. The van der Waals surface area contributed by atoms with Crippen molar-refractivity contribution in [1.82, 2.24) is 10.6 Å². The molecule has 3 atom stereocenters. The van der Waals surface area contributed by atoms with Crippen molar-refractivity contribution in [2.24, 2.45) is 11.8 Å². The summed E-state index contributed by atoms with van der Waals surface area (Å²) in [4.78, 5) is 12.1. The molecule has 0 aromatic carbocycles. The predicted molar refractivity (Wildman–Crippen MR) is 76.5 cm³/mol. The van der Waals surface area contributed by atoms with Crippen molar-refractivity contribution in [2.45, 2.75) is 71.9 Å². The molecule has 1 rings (SSSR count). The third-order valence-electron chi connectivity index (χ3n) is 3.86. The third-order valence-corrected chi connectivity index (χ3v) is 3.86. The molecule has 0 spiro atoms. The van der Waals surface area contributed by atoms with Gasteiger partial charge in [-0.05, 0) is 44.6 Å². The molecule has 0 saturated carbocycles. The summed E-state index contributed by atoms with van der Waals surface area (Å²) < 4.78 is 0. The molecule has 3 heteroatoms. The van der Waals surface area contributed by atoms with Crippen LogP contribution in [0.15, 0.2) is 0 Å². The van der Waals surface area contributed by atoms with E-state index in [1.165, 1.54) is 19.3 Å². The summed E-state index contributed by atoms with van der Waals surface area (Å²) in [6.45, 7) is 9.75. The molecule has 3 unspecified atom stereocenters. The van der Waals surface area contributed by atoms with Crippen LogP contribution in [0.1, 0.15) is 59.8 Å². The first-order valence-electron chi connectivity index (χ1n) is 7.54. The maximum Gasteiger partial charge on any atom is 0.237 e. The molecule has 1 aliphatic rings. The Morgan fingerprint density at radius 1 is 1.33 bits per heavy atom. The molecule has 1 heterocycles. The van der Waals surface area contributed by atoms with E-state index in [-0.39, 0.29) is 11.9 Å². The fourth-order valence-corrected chi connectivity index (χ4v) is 2.64. The second kappa shape index (κ2) is 7.78. The molecule has 0 bridgehead atoms. The van der Waals surface area contributed by atoms with Gasteiger partial charge in [-0.2, -0.15) is 0 Å². The van der Waals surface area contributed by atoms with Gasteiger partial charge in [-0.3, -0.25) is 4.79 Å². The highest BCUT2D eigenvalue weighted by atomic mass is 16.2. The van der Waals surface area contributed by atoms with Gasteiger partial charge in [0.1, 0.15) is 0 Å². The largest absolute Gasteiger partial charge is 0.352 e. The number of rotatable bonds is 6. The van der Waals surface area contributed by atoms with Crippen LogP contribution in [0.3, 0.4) is 0 Å². The molecule has 1 saturated heterocycles. The summed E-state index contributed by atoms with van der Waals surface area (Å²) in [6, 6.07) is 0.318. The molecular weight excluding hydrogens is 224 g/mol. The first kappa shape index (κ1) is 15.5. The smallest absolute Gasteiger partial charge is 0.237 e. The Labute approximate surface area is 112 Å². The summed E-state index contributed by atoms with van der Waals surface area (Å²) in [5.41, 5.74) is 0. The van der Waals surface area contributed by atoms with Crippen LogP contribution in [-0.4, -0.2) is 24.5 Å². The predicted octanol–water partition coefficient (Wildman–Crippen LogP) is 2.71. The molecular formula is C15H30N2O. The van der Waals surface area contributed by atoms with Gasteiger partial charge in [0.05, 0.1) is 6.04 Å². The van der Waals surface area contributed by atoms with Gasteiger partial charge < -0.3 is 10.6 Å². The molecule has 1 amide bonds. The van der Waals surface area contributed by atoms with Crippen LogP contribution in [0.4, 0.5) is 0 Å². The highest BCUT2D eigenvalue weighted by Crippen LogP contribution is 2.16. The van der Waals surface area contributed by atoms with E-state index in [1.807, 2.05) is 0 Å². The van der Waals surface area contributed by atoms with Gasteiger partial charge in [0, 0.05) is 6.04 Å². The molecule has 0 aromatic rings. The Morgan fingerprint density at radius 3 is 2.67 bits per heavy atom. The van der Waals surface area contributed by atoms with Crippen molar-refractivity contribution in [3.05, 3.63) is 0 Å². The Hall–Kier alpha value is -0.570. The van der Waals surface area contributed by atoms with Gasteiger partial charge in [0.2, 0.25) is 5.91 Å². The monoisotopic (exact) mass is 254 g/mol. The van der Waals surface area contributed by atoms with Crippen molar-refractivity contribution >= 4 is 5.91 Å². The zero-order valence-corrected chi connectivity index (χ0v) is 12.5. The molecule has 1 fully saturated rings. The lowest BCUT2D eigenvalue weighted by molar-refractivity contribution is -0.125. The van der Waals surface area contributed by atoms with Crippen molar-refractivity contribution in [2.75, 3.05) is 6.54 Å². The lowest BCUT2D eigenvalue weighted by Crippen LogP contribution is -2.52. The van der Waals surface area contributed by atoms with Crippen molar-refractivity contribution in [3.8, 4) is 0 Å². The number of piperidine rings is 1. The molecule has 3 nitrogen and oxygen atoms in total. The van der Waals surface area contributed by atoms with Crippen LogP contribution in [0.2, 0.25) is 0 Å². The van der Waals surface area contributed by atoms with Crippen LogP contribution in [0.25, 0.3) is 0 Å². The molecule has 18 heavy (non-hydrogen) atoms. The lowest BCUT2D eigenvalue weighted by atomic mass is 9.92. The number of hydrogen-bond acceptors (Lipinski definition) is 2. The van der Waals surface area contributed by atoms with E-state index in [0.717, 1.165) is 25.3 Å². The minimum Gasteiger partial charge on any atom is -0.352 e. The highest BCUT2D eigenvalue weighted by Gasteiger charge is 2.27. The van der Waals surface area contributed by atoms with Crippen LogP contribution < -0.4 is 10.6 Å². The van der Waals surface area contributed by atoms with Crippen molar-refractivity contribution in [3.63, 3.8) is 0 Å². The zero-order valence-electron chi connectivity index (χ0n) is 12.5. The van der Waals surface area contributed by atoms with Gasteiger partial charge in [-0.15, -0.1) is 0 Å². The Kier molecular flexibility index (Phi) is 6.69. The summed E-state index contributed by atoms with van der Waals surface area (Å²) in [7, 11) is 0. The molecule has 106 valence electrons. The Balaban J connectivity index is 2.25. The van der Waals surface area contributed by atoms with Crippen molar-refractivity contribution in [1.29, 1.82) is 0 Å². The normalized spacial score (nSPS) is 26.1. The van der Waals surface area contributed by atoms with Crippen LogP contribution in [0.5, 0.6) is 0 Å². The van der Waals surface area contributed by atoms with Crippen LogP contribution in [0, 0.1) is 11.8 Å². The van der Waals surface area contributed by atoms with Gasteiger partial charge in [-0.1, -0.05) is 33.6 Å². The molecule has 0 radical (unpaired) electrons. The summed E-state index contributed by atoms with van der Waals surface area (Å²) in [6.07, 6.45) is 5.89. The van der Waals surface area contributed by atoms with Crippen molar-refractivity contribution < 1.29 is 4.79 Å². The van der Waals surface area contributed by atoms with E-state index in [0.29, 0.717) is 12.0 Å². The number of carbonyl (C=O) groups is 1. The topological polar surface area (TPSA) is 41.1 Å². The lowest BCUT2D eigenvalue weighted by Gasteiger charge is -2.30. The number of nitrogens with one attached hydrogen (secondary N) is 2. The van der Waals surface area contributed by atoms with Gasteiger partial charge in [-0.25, -0.2) is 0 Å². The fraction of sp³-hybridized carbons (Fsp3) is 0.933. The fourth-order valence-electron chi connectivity index (χ4n) is 2.64. The summed E-state index contributed by atoms with van der Waals surface area (Å²) >= 11 is 0. The standard InChI is InChI=1S/C15H30N2O/c1-11(2)7-5-9-13(4)17-15(18)14-12(3)8-6-10-16-14/h11-14,16H,5-10H2,1-4H3,(H,17,18). The number of carbonyl (C=O) groups excluding carboxylic acids is 1. The first-order valence-corrected chi connectivity index (χ1v) is 7.54. The number of amides is 1. The number of hydrogen-bond donors (Lipinski definition) is 2. The third kappa shape index (κ3) is 5.38.